The molecule has 0 saturated carbocycles. The molecule has 1 unspecified atom stereocenters. The zero-order valence-electron chi connectivity index (χ0n) is 13.7. The van der Waals surface area contributed by atoms with Crippen LogP contribution in [0.5, 0.6) is 0 Å². The zero-order valence-corrected chi connectivity index (χ0v) is 13.7. The van der Waals surface area contributed by atoms with Gasteiger partial charge in [-0.2, -0.15) is 0 Å². The summed E-state index contributed by atoms with van der Waals surface area (Å²) < 4.78 is 9.49. The molecular weight excluding hydrogens is 316 g/mol. The van der Waals surface area contributed by atoms with Gasteiger partial charge >= 0.3 is 0 Å². The molecule has 7 nitrogen and oxygen atoms in total. The molecule has 0 aromatic carbocycles. The molecular formula is C18H18N6O. The van der Waals surface area contributed by atoms with E-state index in [1.807, 2.05) is 33.6 Å². The van der Waals surface area contributed by atoms with E-state index in [4.69, 9.17) is 4.74 Å². The summed E-state index contributed by atoms with van der Waals surface area (Å²) in [6.45, 7) is 1.60. The van der Waals surface area contributed by atoms with Crippen LogP contribution in [-0.4, -0.2) is 43.2 Å². The van der Waals surface area contributed by atoms with Gasteiger partial charge in [0.25, 0.3) is 0 Å². The largest absolute Gasteiger partial charge is 0.376 e. The van der Waals surface area contributed by atoms with Crippen LogP contribution in [0.1, 0.15) is 12.8 Å². The predicted molar refractivity (Wildman–Crippen MR) is 94.6 cm³/mol. The van der Waals surface area contributed by atoms with Gasteiger partial charge < -0.3 is 14.5 Å². The fourth-order valence-electron chi connectivity index (χ4n) is 3.32. The summed E-state index contributed by atoms with van der Waals surface area (Å²) in [7, 11) is 0. The lowest BCUT2D eigenvalue weighted by molar-refractivity contribution is 0.120. The Kier molecular flexibility index (Phi) is 3.38. The van der Waals surface area contributed by atoms with Crippen LogP contribution in [0.15, 0.2) is 49.2 Å². The maximum absolute atomic E-state index is 5.62. The van der Waals surface area contributed by atoms with E-state index in [0.29, 0.717) is 5.95 Å². The Morgan fingerprint density at radius 2 is 2.20 bits per heavy atom. The van der Waals surface area contributed by atoms with Crippen molar-refractivity contribution in [3.63, 3.8) is 0 Å². The molecule has 0 amide bonds. The van der Waals surface area contributed by atoms with Gasteiger partial charge in [-0.25, -0.2) is 14.5 Å². The number of rotatable bonds is 4. The van der Waals surface area contributed by atoms with Crippen molar-refractivity contribution in [2.24, 2.45) is 0 Å². The molecule has 25 heavy (non-hydrogen) atoms. The second-order valence-electron chi connectivity index (χ2n) is 6.27. The Hall–Kier alpha value is -2.93. The summed E-state index contributed by atoms with van der Waals surface area (Å²) in [4.78, 5) is 8.74. The SMILES string of the molecule is c1cn2cc(-c3ccn4nc(NCC5CCCO5)ncc34)ccc2n1. The molecule has 0 bridgehead atoms. The van der Waals surface area contributed by atoms with Gasteiger partial charge in [-0.3, -0.25) is 0 Å². The number of ether oxygens (including phenoxy) is 1. The minimum absolute atomic E-state index is 0.265. The standard InChI is InChI=1S/C18H18N6O/c1-2-14(25-9-1)10-20-18-21-11-16-15(5-7-24(16)22-18)13-3-4-17-19-6-8-23(17)12-13/h3-8,11-12,14H,1-2,9-10H2,(H,20,22). The lowest BCUT2D eigenvalue weighted by Gasteiger charge is -2.10. The molecule has 1 aliphatic heterocycles. The Morgan fingerprint density at radius 3 is 3.12 bits per heavy atom. The van der Waals surface area contributed by atoms with Crippen LogP contribution in [0.4, 0.5) is 5.95 Å². The normalized spacial score (nSPS) is 17.5. The van der Waals surface area contributed by atoms with Gasteiger partial charge in [0.1, 0.15) is 5.65 Å². The molecule has 0 spiro atoms. The summed E-state index contributed by atoms with van der Waals surface area (Å²) in [5, 5.41) is 7.82. The molecule has 7 heteroatoms. The Morgan fingerprint density at radius 1 is 1.20 bits per heavy atom. The van der Waals surface area contributed by atoms with Crippen molar-refractivity contribution >= 4 is 17.1 Å². The maximum Gasteiger partial charge on any atom is 0.241 e. The number of fused-ring (bicyclic) bond motifs is 2. The highest BCUT2D eigenvalue weighted by Gasteiger charge is 2.15. The number of imidazole rings is 1. The highest BCUT2D eigenvalue weighted by Crippen LogP contribution is 2.25. The van der Waals surface area contributed by atoms with E-state index >= 15 is 0 Å². The van der Waals surface area contributed by atoms with Crippen LogP contribution in [0, 0.1) is 0 Å². The monoisotopic (exact) mass is 334 g/mol. The summed E-state index contributed by atoms with van der Waals surface area (Å²) in [6.07, 6.45) is 12.1. The maximum atomic E-state index is 5.62. The van der Waals surface area contributed by atoms with Crippen molar-refractivity contribution in [3.05, 3.63) is 49.2 Å². The van der Waals surface area contributed by atoms with Gasteiger partial charge in [0.15, 0.2) is 0 Å². The van der Waals surface area contributed by atoms with Crippen LogP contribution >= 0.6 is 0 Å². The van der Waals surface area contributed by atoms with Gasteiger partial charge in [-0.15, -0.1) is 5.10 Å². The first kappa shape index (κ1) is 14.4. The molecule has 1 fully saturated rings. The third-order valence-corrected chi connectivity index (χ3v) is 4.63. The van der Waals surface area contributed by atoms with E-state index < -0.39 is 0 Å². The van der Waals surface area contributed by atoms with Crippen molar-refractivity contribution in [2.45, 2.75) is 18.9 Å². The molecule has 1 saturated heterocycles. The Labute approximate surface area is 144 Å². The van der Waals surface area contributed by atoms with Crippen molar-refractivity contribution in [1.82, 2.24) is 24.0 Å². The van der Waals surface area contributed by atoms with E-state index in [9.17, 15) is 0 Å². The molecule has 1 N–H and O–H groups in total. The molecule has 0 aliphatic carbocycles. The first-order valence-electron chi connectivity index (χ1n) is 8.50. The zero-order chi connectivity index (χ0) is 16.6. The third kappa shape index (κ3) is 2.62. The number of nitrogens with one attached hydrogen (secondary N) is 1. The molecule has 4 aromatic rings. The average Bonchev–Trinajstić information content (AvgIpc) is 3.38. The van der Waals surface area contributed by atoms with Gasteiger partial charge in [-0.05, 0) is 31.0 Å². The number of anilines is 1. The fraction of sp³-hybridized carbons (Fsp3) is 0.278. The summed E-state index contributed by atoms with van der Waals surface area (Å²) >= 11 is 0. The number of hydrogen-bond donors (Lipinski definition) is 1. The number of nitrogens with zero attached hydrogens (tertiary/aromatic N) is 5. The van der Waals surface area contributed by atoms with Gasteiger partial charge in [0, 0.05) is 49.1 Å². The smallest absolute Gasteiger partial charge is 0.241 e. The molecule has 4 aromatic heterocycles. The Bertz CT molecular complexity index is 1030. The second kappa shape index (κ2) is 5.86. The third-order valence-electron chi connectivity index (χ3n) is 4.63. The van der Waals surface area contributed by atoms with Crippen molar-refractivity contribution in [2.75, 3.05) is 18.5 Å². The summed E-state index contributed by atoms with van der Waals surface area (Å²) in [5.74, 6) is 0.621. The first-order valence-corrected chi connectivity index (χ1v) is 8.50. The van der Waals surface area contributed by atoms with E-state index in [2.05, 4.69) is 38.7 Å². The van der Waals surface area contributed by atoms with Crippen molar-refractivity contribution in [1.29, 1.82) is 0 Å². The highest BCUT2D eigenvalue weighted by molar-refractivity contribution is 5.80. The molecule has 1 atom stereocenters. The van der Waals surface area contributed by atoms with Crippen LogP contribution in [0.25, 0.3) is 22.3 Å². The Balaban J connectivity index is 1.44. The topological polar surface area (TPSA) is 68.8 Å². The minimum atomic E-state index is 0.265. The van der Waals surface area contributed by atoms with Crippen LogP contribution in [0.3, 0.4) is 0 Å². The molecule has 126 valence electrons. The van der Waals surface area contributed by atoms with Crippen molar-refractivity contribution < 1.29 is 4.74 Å². The lowest BCUT2D eigenvalue weighted by atomic mass is 10.1. The number of hydrogen-bond acceptors (Lipinski definition) is 5. The van der Waals surface area contributed by atoms with Gasteiger partial charge in [0.05, 0.1) is 17.8 Å². The summed E-state index contributed by atoms with van der Waals surface area (Å²) in [5.41, 5.74) is 4.12. The molecule has 5 heterocycles. The molecule has 0 radical (unpaired) electrons. The molecule has 5 rings (SSSR count). The lowest BCUT2D eigenvalue weighted by Crippen LogP contribution is -2.20. The quantitative estimate of drug-likeness (QED) is 0.621. The van der Waals surface area contributed by atoms with Crippen LogP contribution in [-0.2, 0) is 4.74 Å². The van der Waals surface area contributed by atoms with Gasteiger partial charge in [0.2, 0.25) is 5.95 Å². The fourth-order valence-corrected chi connectivity index (χ4v) is 3.32. The average molecular weight is 334 g/mol. The van der Waals surface area contributed by atoms with Crippen LogP contribution < -0.4 is 5.32 Å². The first-order chi connectivity index (χ1) is 12.4. The second-order valence-corrected chi connectivity index (χ2v) is 6.27. The minimum Gasteiger partial charge on any atom is -0.376 e. The number of aromatic nitrogens is 5. The van der Waals surface area contributed by atoms with E-state index in [-0.39, 0.29) is 6.10 Å². The number of pyridine rings is 1. The van der Waals surface area contributed by atoms with Crippen molar-refractivity contribution in [3.8, 4) is 11.1 Å². The van der Waals surface area contributed by atoms with Crippen LogP contribution in [0.2, 0.25) is 0 Å². The van der Waals surface area contributed by atoms with Gasteiger partial charge in [-0.1, -0.05) is 0 Å². The van der Waals surface area contributed by atoms with E-state index in [1.165, 1.54) is 0 Å². The van der Waals surface area contributed by atoms with E-state index in [0.717, 1.165) is 48.3 Å². The highest BCUT2D eigenvalue weighted by atomic mass is 16.5. The predicted octanol–water partition coefficient (Wildman–Crippen LogP) is 2.63. The van der Waals surface area contributed by atoms with E-state index in [1.54, 1.807) is 6.20 Å². The molecule has 1 aliphatic rings. The summed E-state index contributed by atoms with van der Waals surface area (Å²) in [6, 6.07) is 6.14.